The molecule has 134 valence electrons. The first kappa shape index (κ1) is 18.9. The zero-order valence-electron chi connectivity index (χ0n) is 14.7. The van der Waals surface area contributed by atoms with Crippen LogP contribution in [0.4, 0.5) is 0 Å². The van der Waals surface area contributed by atoms with Crippen LogP contribution in [0, 0.1) is 11.8 Å². The first-order chi connectivity index (χ1) is 11.6. The fourth-order valence-corrected chi connectivity index (χ4v) is 2.91. The number of methoxy groups -OCH3 is 1. The number of ether oxygens (including phenoxy) is 4. The smallest absolute Gasteiger partial charge is 0.184 e. The lowest BCUT2D eigenvalue weighted by molar-refractivity contribution is -0.284. The number of hydrogen-bond acceptors (Lipinski definition) is 5. The third-order valence-electron chi connectivity index (χ3n) is 4.67. The van der Waals surface area contributed by atoms with E-state index in [9.17, 15) is 5.11 Å². The van der Waals surface area contributed by atoms with E-state index in [1.807, 2.05) is 24.3 Å². The Balaban J connectivity index is 2.03. The molecule has 2 rings (SSSR count). The van der Waals surface area contributed by atoms with Gasteiger partial charge in [0.05, 0.1) is 33.0 Å². The third-order valence-corrected chi connectivity index (χ3v) is 4.67. The van der Waals surface area contributed by atoms with E-state index in [2.05, 4.69) is 20.4 Å². The summed E-state index contributed by atoms with van der Waals surface area (Å²) in [5.74, 6) is 1.20. The van der Waals surface area contributed by atoms with Crippen molar-refractivity contribution in [3.05, 3.63) is 42.5 Å². The summed E-state index contributed by atoms with van der Waals surface area (Å²) in [6, 6.07) is 7.78. The molecule has 0 radical (unpaired) electrons. The molecule has 5 heteroatoms. The fraction of sp³-hybridized carbons (Fsp3) is 0.579. The average Bonchev–Trinajstić information content (AvgIpc) is 2.62. The number of aliphatic hydroxyl groups is 1. The number of hydrogen-bond donors (Lipinski definition) is 1. The minimum Gasteiger partial charge on any atom is -0.497 e. The van der Waals surface area contributed by atoms with Crippen molar-refractivity contribution in [2.45, 2.75) is 39.0 Å². The minimum atomic E-state index is -0.510. The van der Waals surface area contributed by atoms with Crippen molar-refractivity contribution in [2.75, 3.05) is 20.3 Å². The number of aliphatic hydroxyl groups excluding tert-OH is 1. The summed E-state index contributed by atoms with van der Waals surface area (Å²) >= 11 is 0. The lowest BCUT2D eigenvalue weighted by atomic mass is 9.83. The first-order valence-electron chi connectivity index (χ1n) is 8.34. The van der Waals surface area contributed by atoms with E-state index in [4.69, 9.17) is 18.9 Å². The predicted octanol–water partition coefficient (Wildman–Crippen LogP) is 2.77. The lowest BCUT2D eigenvalue weighted by Gasteiger charge is -2.43. The van der Waals surface area contributed by atoms with Crippen molar-refractivity contribution in [3.63, 3.8) is 0 Å². The summed E-state index contributed by atoms with van der Waals surface area (Å²) in [6.45, 7) is 8.67. The molecule has 1 aromatic rings. The molecule has 24 heavy (non-hydrogen) atoms. The van der Waals surface area contributed by atoms with Gasteiger partial charge in [0, 0.05) is 0 Å². The molecule has 1 aliphatic heterocycles. The van der Waals surface area contributed by atoms with Gasteiger partial charge in [-0.1, -0.05) is 32.1 Å². The van der Waals surface area contributed by atoms with Crippen LogP contribution in [-0.4, -0.2) is 43.9 Å². The van der Waals surface area contributed by atoms with Gasteiger partial charge in [-0.25, -0.2) is 0 Å². The molecule has 1 fully saturated rings. The molecular weight excluding hydrogens is 308 g/mol. The highest BCUT2D eigenvalue weighted by molar-refractivity contribution is 5.26. The van der Waals surface area contributed by atoms with Gasteiger partial charge in [-0.3, -0.25) is 0 Å². The van der Waals surface area contributed by atoms with Crippen LogP contribution in [0.2, 0.25) is 0 Å². The first-order valence-corrected chi connectivity index (χ1v) is 8.34. The zero-order valence-corrected chi connectivity index (χ0v) is 14.7. The van der Waals surface area contributed by atoms with Gasteiger partial charge < -0.3 is 24.1 Å². The minimum absolute atomic E-state index is 0.0232. The summed E-state index contributed by atoms with van der Waals surface area (Å²) < 4.78 is 22.9. The Morgan fingerprint density at radius 3 is 2.46 bits per heavy atom. The lowest BCUT2D eigenvalue weighted by Crippen LogP contribution is -2.52. The van der Waals surface area contributed by atoms with Gasteiger partial charge in [0.1, 0.15) is 11.9 Å². The van der Waals surface area contributed by atoms with E-state index in [1.54, 1.807) is 13.2 Å². The standard InChI is InChI=1S/C19H28O5/c1-5-10-22-19-18(14(3)13(2)17(11-20)24-19)23-12-15-6-8-16(21-4)9-7-15/h5-9,13-14,17-20H,1,10-12H2,2-4H3/t13-,14-,17+,18+,19+/m0/s1. The van der Waals surface area contributed by atoms with Crippen molar-refractivity contribution >= 4 is 0 Å². The molecule has 0 aromatic heterocycles. The molecule has 0 amide bonds. The molecule has 5 atom stereocenters. The van der Waals surface area contributed by atoms with Gasteiger partial charge in [-0.05, 0) is 29.5 Å². The Hall–Kier alpha value is -1.40. The molecule has 0 unspecified atom stereocenters. The van der Waals surface area contributed by atoms with Crippen LogP contribution < -0.4 is 4.74 Å². The second kappa shape index (κ2) is 9.18. The molecule has 0 aliphatic carbocycles. The van der Waals surface area contributed by atoms with E-state index >= 15 is 0 Å². The van der Waals surface area contributed by atoms with Gasteiger partial charge in [0.15, 0.2) is 6.29 Å². The van der Waals surface area contributed by atoms with Crippen LogP contribution in [0.3, 0.4) is 0 Å². The summed E-state index contributed by atoms with van der Waals surface area (Å²) in [4.78, 5) is 0. The molecule has 1 saturated heterocycles. The summed E-state index contributed by atoms with van der Waals surface area (Å²) in [6.07, 6.45) is 0.727. The molecule has 0 saturated carbocycles. The Morgan fingerprint density at radius 1 is 1.17 bits per heavy atom. The van der Waals surface area contributed by atoms with Crippen molar-refractivity contribution in [3.8, 4) is 5.75 Å². The van der Waals surface area contributed by atoms with E-state index in [1.165, 1.54) is 0 Å². The maximum atomic E-state index is 9.51. The molecule has 0 spiro atoms. The average molecular weight is 336 g/mol. The number of benzene rings is 1. The SMILES string of the molecule is C=CCO[C@@H]1O[C@H](CO)[C@@H](C)[C@H](C)[C@H]1OCc1ccc(OC)cc1. The quantitative estimate of drug-likeness (QED) is 0.740. The molecule has 1 aliphatic rings. The van der Waals surface area contributed by atoms with Gasteiger partial charge in [-0.15, -0.1) is 6.58 Å². The van der Waals surface area contributed by atoms with Crippen LogP contribution in [0.25, 0.3) is 0 Å². The maximum Gasteiger partial charge on any atom is 0.184 e. The van der Waals surface area contributed by atoms with Crippen LogP contribution in [0.15, 0.2) is 36.9 Å². The van der Waals surface area contributed by atoms with E-state index in [0.29, 0.717) is 13.2 Å². The highest BCUT2D eigenvalue weighted by Gasteiger charge is 2.42. The Labute approximate surface area is 144 Å². The molecular formula is C19H28O5. The van der Waals surface area contributed by atoms with Crippen LogP contribution in [0.1, 0.15) is 19.4 Å². The zero-order chi connectivity index (χ0) is 17.5. The molecule has 5 nitrogen and oxygen atoms in total. The van der Waals surface area contributed by atoms with E-state index in [0.717, 1.165) is 11.3 Å². The van der Waals surface area contributed by atoms with Crippen molar-refractivity contribution in [1.82, 2.24) is 0 Å². The normalized spacial score (nSPS) is 30.1. The van der Waals surface area contributed by atoms with Crippen molar-refractivity contribution in [1.29, 1.82) is 0 Å². The topological polar surface area (TPSA) is 57.2 Å². The van der Waals surface area contributed by atoms with Gasteiger partial charge in [0.25, 0.3) is 0 Å². The van der Waals surface area contributed by atoms with Crippen LogP contribution >= 0.6 is 0 Å². The fourth-order valence-electron chi connectivity index (χ4n) is 2.91. The van der Waals surface area contributed by atoms with E-state index < -0.39 is 6.29 Å². The van der Waals surface area contributed by atoms with Crippen molar-refractivity contribution < 1.29 is 24.1 Å². The highest BCUT2D eigenvalue weighted by atomic mass is 16.7. The second-order valence-electron chi connectivity index (χ2n) is 6.19. The summed E-state index contributed by atoms with van der Waals surface area (Å²) in [5.41, 5.74) is 1.06. The monoisotopic (exact) mass is 336 g/mol. The van der Waals surface area contributed by atoms with Crippen LogP contribution in [-0.2, 0) is 20.8 Å². The van der Waals surface area contributed by atoms with Crippen molar-refractivity contribution in [2.24, 2.45) is 11.8 Å². The maximum absolute atomic E-state index is 9.51. The largest absolute Gasteiger partial charge is 0.497 e. The Bertz CT molecular complexity index is 501. The summed E-state index contributed by atoms with van der Waals surface area (Å²) in [7, 11) is 1.65. The second-order valence-corrected chi connectivity index (χ2v) is 6.19. The van der Waals surface area contributed by atoms with E-state index in [-0.39, 0.29) is 30.7 Å². The molecule has 1 heterocycles. The summed E-state index contributed by atoms with van der Waals surface area (Å²) in [5, 5.41) is 9.51. The molecule has 1 N–H and O–H groups in total. The number of rotatable bonds is 8. The predicted molar refractivity (Wildman–Crippen MR) is 91.8 cm³/mol. The highest BCUT2D eigenvalue weighted by Crippen LogP contribution is 2.33. The Morgan fingerprint density at radius 2 is 1.88 bits per heavy atom. The van der Waals surface area contributed by atoms with Crippen LogP contribution in [0.5, 0.6) is 5.75 Å². The van der Waals surface area contributed by atoms with Gasteiger partial charge >= 0.3 is 0 Å². The molecule has 1 aromatic carbocycles. The van der Waals surface area contributed by atoms with Gasteiger partial charge in [-0.2, -0.15) is 0 Å². The third kappa shape index (κ3) is 4.57. The molecule has 0 bridgehead atoms. The van der Waals surface area contributed by atoms with Gasteiger partial charge in [0.2, 0.25) is 0 Å². The Kier molecular flexibility index (Phi) is 7.24.